The van der Waals surface area contributed by atoms with Gasteiger partial charge < -0.3 is 19.3 Å². The van der Waals surface area contributed by atoms with Gasteiger partial charge in [0.15, 0.2) is 5.13 Å². The first-order chi connectivity index (χ1) is 14.6. The number of amides is 1. The third-order valence-electron chi connectivity index (χ3n) is 5.05. The lowest BCUT2D eigenvalue weighted by Gasteiger charge is -2.34. The Morgan fingerprint density at radius 1 is 1.10 bits per heavy atom. The van der Waals surface area contributed by atoms with Crippen LogP contribution in [0.5, 0.6) is 11.5 Å². The van der Waals surface area contributed by atoms with Gasteiger partial charge in [-0.25, -0.2) is 4.98 Å². The number of rotatable bonds is 5. The average molecular weight is 444 g/mol. The molecule has 0 atom stereocenters. The van der Waals surface area contributed by atoms with Crippen molar-refractivity contribution in [1.29, 1.82) is 0 Å². The van der Waals surface area contributed by atoms with E-state index >= 15 is 0 Å². The number of methoxy groups -OCH3 is 2. The fourth-order valence-corrected chi connectivity index (χ4v) is 4.66. The topological polar surface area (TPSA) is 54.9 Å². The summed E-state index contributed by atoms with van der Waals surface area (Å²) in [6, 6.07) is 11.3. The van der Waals surface area contributed by atoms with Crippen molar-refractivity contribution in [3.8, 4) is 11.5 Å². The molecule has 0 saturated carbocycles. The molecule has 2 aromatic carbocycles. The van der Waals surface area contributed by atoms with Gasteiger partial charge in [0.25, 0.3) is 0 Å². The number of fused-ring (bicyclic) bond motifs is 1. The van der Waals surface area contributed by atoms with Crippen LogP contribution in [0.2, 0.25) is 5.02 Å². The van der Waals surface area contributed by atoms with Crippen LogP contribution < -0.4 is 14.4 Å². The van der Waals surface area contributed by atoms with Gasteiger partial charge in [0.2, 0.25) is 5.91 Å². The van der Waals surface area contributed by atoms with Crippen molar-refractivity contribution >= 4 is 50.3 Å². The fraction of sp³-hybridized carbons (Fsp3) is 0.273. The number of ether oxygens (including phenoxy) is 2. The summed E-state index contributed by atoms with van der Waals surface area (Å²) in [4.78, 5) is 21.4. The van der Waals surface area contributed by atoms with Gasteiger partial charge in [-0.2, -0.15) is 0 Å². The number of hydrogen-bond acceptors (Lipinski definition) is 6. The van der Waals surface area contributed by atoms with E-state index < -0.39 is 0 Å². The number of benzene rings is 2. The molecule has 6 nitrogen and oxygen atoms in total. The molecule has 0 N–H and O–H groups in total. The van der Waals surface area contributed by atoms with E-state index in [2.05, 4.69) is 4.90 Å². The molecule has 4 rings (SSSR count). The van der Waals surface area contributed by atoms with Gasteiger partial charge >= 0.3 is 0 Å². The van der Waals surface area contributed by atoms with Crippen LogP contribution in [0.1, 0.15) is 5.56 Å². The maximum atomic E-state index is 12.6. The molecule has 1 aliphatic rings. The SMILES string of the molecule is COc1ccc(/C=C/C(=O)N2CCN(c3nc4ccc(Cl)cc4s3)CC2)c(OC)c1. The van der Waals surface area contributed by atoms with E-state index in [-0.39, 0.29) is 5.91 Å². The summed E-state index contributed by atoms with van der Waals surface area (Å²) in [6.07, 6.45) is 3.38. The van der Waals surface area contributed by atoms with E-state index in [4.69, 9.17) is 26.1 Å². The Balaban J connectivity index is 1.38. The predicted octanol–water partition coefficient (Wildman–Crippen LogP) is 4.33. The number of anilines is 1. The Morgan fingerprint density at radius 3 is 2.63 bits per heavy atom. The number of piperazine rings is 1. The molecule has 3 aromatic rings. The largest absolute Gasteiger partial charge is 0.497 e. The minimum absolute atomic E-state index is 0.0106. The molecule has 0 spiro atoms. The van der Waals surface area contributed by atoms with E-state index in [0.717, 1.165) is 34.0 Å². The average Bonchev–Trinajstić information content (AvgIpc) is 3.20. The van der Waals surface area contributed by atoms with Crippen molar-refractivity contribution in [3.63, 3.8) is 0 Å². The summed E-state index contributed by atoms with van der Waals surface area (Å²) in [6.45, 7) is 2.80. The second-order valence-corrected chi connectivity index (χ2v) is 8.31. The van der Waals surface area contributed by atoms with Crippen molar-refractivity contribution < 1.29 is 14.3 Å². The van der Waals surface area contributed by atoms with Crippen molar-refractivity contribution in [2.24, 2.45) is 0 Å². The zero-order valence-corrected chi connectivity index (χ0v) is 18.4. The summed E-state index contributed by atoms with van der Waals surface area (Å²) in [7, 11) is 3.21. The maximum Gasteiger partial charge on any atom is 0.246 e. The zero-order valence-electron chi connectivity index (χ0n) is 16.8. The van der Waals surface area contributed by atoms with Crippen LogP contribution >= 0.6 is 22.9 Å². The van der Waals surface area contributed by atoms with Crippen LogP contribution in [-0.4, -0.2) is 56.2 Å². The Morgan fingerprint density at radius 2 is 1.90 bits per heavy atom. The molecule has 1 fully saturated rings. The summed E-state index contributed by atoms with van der Waals surface area (Å²) < 4.78 is 11.7. The molecule has 156 valence electrons. The third-order valence-corrected chi connectivity index (χ3v) is 6.36. The molecular formula is C22H22ClN3O3S. The summed E-state index contributed by atoms with van der Waals surface area (Å²) >= 11 is 7.71. The second-order valence-electron chi connectivity index (χ2n) is 6.86. The normalized spacial score (nSPS) is 14.5. The monoisotopic (exact) mass is 443 g/mol. The van der Waals surface area contributed by atoms with Gasteiger partial charge in [0.05, 0.1) is 24.4 Å². The lowest BCUT2D eigenvalue weighted by atomic mass is 10.1. The van der Waals surface area contributed by atoms with Crippen molar-refractivity contribution in [3.05, 3.63) is 53.1 Å². The Labute approximate surface area is 184 Å². The number of aromatic nitrogens is 1. The molecule has 8 heteroatoms. The van der Waals surface area contributed by atoms with Crippen LogP contribution in [0.25, 0.3) is 16.3 Å². The highest BCUT2D eigenvalue weighted by molar-refractivity contribution is 7.22. The van der Waals surface area contributed by atoms with Gasteiger partial charge in [-0.05, 0) is 36.4 Å². The first kappa shape index (κ1) is 20.5. The molecule has 0 unspecified atom stereocenters. The van der Waals surface area contributed by atoms with E-state index in [1.165, 1.54) is 0 Å². The first-order valence-corrected chi connectivity index (χ1v) is 10.8. The highest BCUT2D eigenvalue weighted by Gasteiger charge is 2.22. The molecule has 1 saturated heterocycles. The lowest BCUT2D eigenvalue weighted by molar-refractivity contribution is -0.126. The highest BCUT2D eigenvalue weighted by Crippen LogP contribution is 2.31. The fourth-order valence-electron chi connectivity index (χ4n) is 3.36. The third kappa shape index (κ3) is 4.37. The Kier molecular flexibility index (Phi) is 6.11. The Hall–Kier alpha value is -2.77. The van der Waals surface area contributed by atoms with Gasteiger partial charge in [-0.3, -0.25) is 4.79 Å². The van der Waals surface area contributed by atoms with Crippen LogP contribution in [-0.2, 0) is 4.79 Å². The summed E-state index contributed by atoms with van der Waals surface area (Å²) in [5.74, 6) is 1.37. The van der Waals surface area contributed by atoms with Gasteiger partial charge in [0, 0.05) is 48.9 Å². The zero-order chi connectivity index (χ0) is 21.1. The molecule has 0 aliphatic carbocycles. The Bertz CT molecular complexity index is 1090. The van der Waals surface area contributed by atoms with Gasteiger partial charge in [-0.15, -0.1) is 0 Å². The number of carbonyl (C=O) groups excluding carboxylic acids is 1. The highest BCUT2D eigenvalue weighted by atomic mass is 35.5. The lowest BCUT2D eigenvalue weighted by Crippen LogP contribution is -2.48. The van der Waals surface area contributed by atoms with Crippen LogP contribution in [0.3, 0.4) is 0 Å². The maximum absolute atomic E-state index is 12.6. The molecule has 1 aromatic heterocycles. The van der Waals surface area contributed by atoms with Crippen molar-refractivity contribution in [2.45, 2.75) is 0 Å². The van der Waals surface area contributed by atoms with Crippen LogP contribution in [0.15, 0.2) is 42.5 Å². The molecule has 0 radical (unpaired) electrons. The van der Waals surface area contributed by atoms with E-state index in [1.807, 2.05) is 35.2 Å². The number of hydrogen-bond donors (Lipinski definition) is 0. The quantitative estimate of drug-likeness (QED) is 0.549. The van der Waals surface area contributed by atoms with Crippen LogP contribution in [0, 0.1) is 0 Å². The van der Waals surface area contributed by atoms with Gasteiger partial charge in [-0.1, -0.05) is 22.9 Å². The minimum Gasteiger partial charge on any atom is -0.497 e. The number of halogens is 1. The van der Waals surface area contributed by atoms with Crippen molar-refractivity contribution in [1.82, 2.24) is 9.88 Å². The molecule has 2 heterocycles. The second kappa shape index (κ2) is 8.93. The number of nitrogens with zero attached hydrogens (tertiary/aromatic N) is 3. The van der Waals surface area contributed by atoms with Crippen LogP contribution in [0.4, 0.5) is 5.13 Å². The van der Waals surface area contributed by atoms with Gasteiger partial charge in [0.1, 0.15) is 11.5 Å². The van der Waals surface area contributed by atoms with E-state index in [1.54, 1.807) is 43.8 Å². The minimum atomic E-state index is -0.0106. The summed E-state index contributed by atoms with van der Waals surface area (Å²) in [5, 5.41) is 1.69. The molecule has 1 amide bonds. The predicted molar refractivity (Wildman–Crippen MR) is 122 cm³/mol. The first-order valence-electron chi connectivity index (χ1n) is 9.57. The summed E-state index contributed by atoms with van der Waals surface area (Å²) in [5.41, 5.74) is 1.78. The van der Waals surface area contributed by atoms with E-state index in [9.17, 15) is 4.79 Å². The van der Waals surface area contributed by atoms with Crippen molar-refractivity contribution in [2.75, 3.05) is 45.3 Å². The molecule has 1 aliphatic heterocycles. The standard InChI is InChI=1S/C22H22ClN3O3S/c1-28-17-6-3-15(19(14-17)29-2)4-8-21(27)25-9-11-26(12-10-25)22-24-18-7-5-16(23)13-20(18)30-22/h3-8,13-14H,9-12H2,1-2H3/b8-4+. The van der Waals surface area contributed by atoms with E-state index in [0.29, 0.717) is 29.6 Å². The molecule has 0 bridgehead atoms. The number of thiazole rings is 1. The number of carbonyl (C=O) groups is 1. The molecular weight excluding hydrogens is 422 g/mol. The molecule has 30 heavy (non-hydrogen) atoms. The smallest absolute Gasteiger partial charge is 0.246 e.